The number of nitrogens with zero attached hydrogens (tertiary/aromatic N) is 2. The van der Waals surface area contributed by atoms with Crippen LogP contribution >= 0.6 is 0 Å². The highest BCUT2D eigenvalue weighted by Crippen LogP contribution is 2.44. The van der Waals surface area contributed by atoms with E-state index in [-0.39, 0.29) is 24.3 Å². The zero-order chi connectivity index (χ0) is 20.3. The van der Waals surface area contributed by atoms with E-state index in [1.54, 1.807) is 24.3 Å². The van der Waals surface area contributed by atoms with Crippen LogP contribution in [0.25, 0.3) is 0 Å². The first-order valence-electron chi connectivity index (χ1n) is 8.67. The number of anilines is 1. The standard InChI is InChI=1S/C18H21F3N4O3/c1-27-8-7-22-17(26)13-10-23-25-15(18(19,20)21)9-14(24-16(13)25)11-3-5-12(28-2)6-4-11/h3-6,10,14-15,24H,7-9H2,1-2H3,(H,22,26)/t14-,15+/m0/s1. The lowest BCUT2D eigenvalue weighted by atomic mass is 9.96. The Morgan fingerprint density at radius 1 is 1.32 bits per heavy atom. The van der Waals surface area contributed by atoms with Gasteiger partial charge >= 0.3 is 6.18 Å². The fourth-order valence-electron chi connectivity index (χ4n) is 3.15. The van der Waals surface area contributed by atoms with Gasteiger partial charge in [0.05, 0.1) is 26.0 Å². The third-order valence-electron chi connectivity index (χ3n) is 4.59. The first-order valence-corrected chi connectivity index (χ1v) is 8.67. The monoisotopic (exact) mass is 398 g/mol. The predicted molar refractivity (Wildman–Crippen MR) is 95.5 cm³/mol. The van der Waals surface area contributed by atoms with Crippen molar-refractivity contribution < 1.29 is 27.4 Å². The van der Waals surface area contributed by atoms with Gasteiger partial charge in [0, 0.05) is 20.1 Å². The van der Waals surface area contributed by atoms with Crippen LogP contribution < -0.4 is 15.4 Å². The average molecular weight is 398 g/mol. The molecule has 1 aliphatic heterocycles. The van der Waals surface area contributed by atoms with Gasteiger partial charge in [-0.15, -0.1) is 0 Å². The number of hydrogen-bond donors (Lipinski definition) is 2. The molecule has 2 atom stereocenters. The molecule has 10 heteroatoms. The molecule has 1 aliphatic rings. The molecule has 3 rings (SSSR count). The summed E-state index contributed by atoms with van der Waals surface area (Å²) in [7, 11) is 3.00. The van der Waals surface area contributed by atoms with Crippen LogP contribution in [0.3, 0.4) is 0 Å². The maximum absolute atomic E-state index is 13.7. The number of benzene rings is 1. The molecule has 0 saturated heterocycles. The Hall–Kier alpha value is -2.75. The van der Waals surface area contributed by atoms with Crippen LogP contribution in [0.5, 0.6) is 5.75 Å². The molecular weight excluding hydrogens is 377 g/mol. The number of hydrogen-bond acceptors (Lipinski definition) is 5. The molecule has 1 amide bonds. The van der Waals surface area contributed by atoms with Crippen molar-refractivity contribution in [3.05, 3.63) is 41.6 Å². The Balaban J connectivity index is 1.92. The number of alkyl halides is 3. The third kappa shape index (κ3) is 4.06. The molecule has 152 valence electrons. The van der Waals surface area contributed by atoms with Crippen LogP contribution in [0.2, 0.25) is 0 Å². The zero-order valence-electron chi connectivity index (χ0n) is 15.4. The maximum Gasteiger partial charge on any atom is 0.410 e. The first kappa shape index (κ1) is 20.0. The van der Waals surface area contributed by atoms with E-state index in [4.69, 9.17) is 9.47 Å². The molecule has 0 bridgehead atoms. The minimum Gasteiger partial charge on any atom is -0.497 e. The second-order valence-corrected chi connectivity index (χ2v) is 6.36. The van der Waals surface area contributed by atoms with Gasteiger partial charge < -0.3 is 20.1 Å². The second-order valence-electron chi connectivity index (χ2n) is 6.36. The molecule has 2 N–H and O–H groups in total. The number of halogens is 3. The van der Waals surface area contributed by atoms with Crippen LogP contribution in [-0.4, -0.2) is 49.2 Å². The van der Waals surface area contributed by atoms with E-state index < -0.39 is 24.2 Å². The summed E-state index contributed by atoms with van der Waals surface area (Å²) < 4.78 is 51.8. The van der Waals surface area contributed by atoms with E-state index in [0.717, 1.165) is 10.9 Å². The minimum atomic E-state index is -4.50. The predicted octanol–water partition coefficient (Wildman–Crippen LogP) is 2.93. The lowest BCUT2D eigenvalue weighted by Gasteiger charge is -2.34. The Morgan fingerprint density at radius 2 is 2.04 bits per heavy atom. The normalized spacial score (nSPS) is 18.9. The van der Waals surface area contributed by atoms with Crippen molar-refractivity contribution in [2.75, 3.05) is 32.7 Å². The van der Waals surface area contributed by atoms with Crippen molar-refractivity contribution >= 4 is 11.7 Å². The largest absolute Gasteiger partial charge is 0.497 e. The van der Waals surface area contributed by atoms with Crippen molar-refractivity contribution in [2.24, 2.45) is 0 Å². The molecule has 7 nitrogen and oxygen atoms in total. The van der Waals surface area contributed by atoms with Gasteiger partial charge in [0.1, 0.15) is 17.1 Å². The van der Waals surface area contributed by atoms with Gasteiger partial charge in [-0.3, -0.25) is 4.79 Å². The molecule has 0 unspecified atom stereocenters. The fraction of sp³-hybridized carbons (Fsp3) is 0.444. The summed E-state index contributed by atoms with van der Waals surface area (Å²) in [6, 6.07) is 4.31. The molecule has 1 aromatic heterocycles. The number of rotatable bonds is 6. The van der Waals surface area contributed by atoms with Crippen molar-refractivity contribution in [1.29, 1.82) is 0 Å². The summed E-state index contributed by atoms with van der Waals surface area (Å²) >= 11 is 0. The summed E-state index contributed by atoms with van der Waals surface area (Å²) in [6.07, 6.45) is -3.59. The van der Waals surface area contributed by atoms with Gasteiger partial charge in [0.2, 0.25) is 0 Å². The van der Waals surface area contributed by atoms with E-state index in [1.165, 1.54) is 14.2 Å². The minimum absolute atomic E-state index is 0.0457. The molecule has 0 saturated carbocycles. The smallest absolute Gasteiger partial charge is 0.410 e. The number of nitrogens with one attached hydrogen (secondary N) is 2. The number of amides is 1. The lowest BCUT2D eigenvalue weighted by molar-refractivity contribution is -0.173. The number of aromatic nitrogens is 2. The van der Waals surface area contributed by atoms with E-state index in [9.17, 15) is 18.0 Å². The summed E-state index contributed by atoms with van der Waals surface area (Å²) in [6.45, 7) is 0.535. The summed E-state index contributed by atoms with van der Waals surface area (Å²) in [5.41, 5.74) is 0.719. The highest BCUT2D eigenvalue weighted by atomic mass is 19.4. The van der Waals surface area contributed by atoms with Gasteiger partial charge in [-0.1, -0.05) is 12.1 Å². The third-order valence-corrected chi connectivity index (χ3v) is 4.59. The zero-order valence-corrected chi connectivity index (χ0v) is 15.4. The van der Waals surface area contributed by atoms with Gasteiger partial charge in [0.25, 0.3) is 5.91 Å². The highest BCUT2D eigenvalue weighted by Gasteiger charge is 2.47. The van der Waals surface area contributed by atoms with Gasteiger partial charge in [-0.2, -0.15) is 18.3 Å². The van der Waals surface area contributed by atoms with Crippen LogP contribution in [0.15, 0.2) is 30.5 Å². The Kier molecular flexibility index (Phi) is 5.78. The fourth-order valence-corrected chi connectivity index (χ4v) is 3.15. The molecule has 0 aliphatic carbocycles. The van der Waals surface area contributed by atoms with E-state index in [2.05, 4.69) is 15.7 Å². The number of methoxy groups -OCH3 is 2. The second kappa shape index (κ2) is 8.09. The van der Waals surface area contributed by atoms with Gasteiger partial charge in [0.15, 0.2) is 6.04 Å². The number of carbonyl (C=O) groups is 1. The van der Waals surface area contributed by atoms with Crippen molar-refractivity contribution in [3.8, 4) is 5.75 Å². The van der Waals surface area contributed by atoms with Crippen LogP contribution in [0.4, 0.5) is 19.0 Å². The van der Waals surface area contributed by atoms with Gasteiger partial charge in [-0.25, -0.2) is 4.68 Å². The quantitative estimate of drug-likeness (QED) is 0.732. The molecular formula is C18H21F3N4O3. The van der Waals surface area contributed by atoms with Crippen molar-refractivity contribution in [1.82, 2.24) is 15.1 Å². The lowest BCUT2D eigenvalue weighted by Crippen LogP contribution is -2.36. The van der Waals surface area contributed by atoms with Crippen LogP contribution in [0.1, 0.15) is 34.4 Å². The Bertz CT molecular complexity index is 820. The van der Waals surface area contributed by atoms with Crippen LogP contribution in [-0.2, 0) is 4.74 Å². The molecule has 1 aromatic carbocycles. The molecule has 2 aromatic rings. The van der Waals surface area contributed by atoms with Crippen molar-refractivity contribution in [3.63, 3.8) is 0 Å². The van der Waals surface area contributed by atoms with Crippen LogP contribution in [0, 0.1) is 0 Å². The Labute approximate surface area is 159 Å². The summed E-state index contributed by atoms with van der Waals surface area (Å²) in [4.78, 5) is 12.4. The van der Waals surface area contributed by atoms with Crippen molar-refractivity contribution in [2.45, 2.75) is 24.7 Å². The number of ether oxygens (including phenoxy) is 2. The summed E-state index contributed by atoms with van der Waals surface area (Å²) in [5.74, 6) is 0.140. The van der Waals surface area contributed by atoms with Gasteiger partial charge in [-0.05, 0) is 17.7 Å². The molecule has 0 spiro atoms. The first-order chi connectivity index (χ1) is 13.3. The molecule has 28 heavy (non-hydrogen) atoms. The number of carbonyl (C=O) groups excluding carboxylic acids is 1. The topological polar surface area (TPSA) is 77.4 Å². The van der Waals surface area contributed by atoms with E-state index in [0.29, 0.717) is 17.9 Å². The molecule has 0 fully saturated rings. The summed E-state index contributed by atoms with van der Waals surface area (Å²) in [5, 5.41) is 9.48. The van der Waals surface area contributed by atoms with E-state index >= 15 is 0 Å². The molecule has 0 radical (unpaired) electrons. The highest BCUT2D eigenvalue weighted by molar-refractivity contribution is 5.98. The average Bonchev–Trinajstić information content (AvgIpc) is 3.10. The molecule has 2 heterocycles. The Morgan fingerprint density at radius 3 is 2.64 bits per heavy atom. The maximum atomic E-state index is 13.7. The van der Waals surface area contributed by atoms with E-state index in [1.807, 2.05) is 0 Å². The number of fused-ring (bicyclic) bond motifs is 1. The SMILES string of the molecule is COCCNC(=O)c1cnn2c1N[C@H](c1ccc(OC)cc1)C[C@@H]2C(F)(F)F.